The molecular weight excluding hydrogens is 443 g/mol. The predicted molar refractivity (Wildman–Crippen MR) is 129 cm³/mol. The molecule has 0 unspecified atom stereocenters. The van der Waals surface area contributed by atoms with Crippen molar-refractivity contribution >= 4 is 29.2 Å². The molecule has 4 N–H and O–H groups in total. The standard InChI is InChI=1S/C23H25FN6O2S/c1-14(20-7-8-21(33-20)18-10-16(24)5-4-15(18)12-26-2)28-23(32)19-6-9-22(31)30(29-19)17(11-25)13-27-3/h4-11,13-14,25-27H,12H2,1-3H3,(H,28,32)/b17-13+,25-11?/t14-/m1/s1. The molecular formula is C23H25FN6O2S. The van der Waals surface area contributed by atoms with Crippen molar-refractivity contribution in [1.29, 1.82) is 5.41 Å². The molecule has 2 aromatic heterocycles. The number of amides is 1. The minimum absolute atomic E-state index is 0.0449. The lowest BCUT2D eigenvalue weighted by molar-refractivity contribution is 0.0933. The number of thiophene rings is 1. The fraction of sp³-hybridized carbons (Fsp3) is 0.217. The van der Waals surface area contributed by atoms with Gasteiger partial charge in [-0.1, -0.05) is 6.07 Å². The van der Waals surface area contributed by atoms with Gasteiger partial charge in [0.25, 0.3) is 11.5 Å². The Morgan fingerprint density at radius 2 is 2.03 bits per heavy atom. The zero-order valence-electron chi connectivity index (χ0n) is 18.5. The summed E-state index contributed by atoms with van der Waals surface area (Å²) in [5.74, 6) is -0.763. The van der Waals surface area contributed by atoms with Crippen LogP contribution in [0.2, 0.25) is 0 Å². The van der Waals surface area contributed by atoms with Gasteiger partial charge in [-0.2, -0.15) is 9.78 Å². The first kappa shape index (κ1) is 24.0. The summed E-state index contributed by atoms with van der Waals surface area (Å²) in [6.45, 7) is 2.45. The molecule has 1 amide bonds. The number of aromatic nitrogens is 2. The van der Waals surface area contributed by atoms with Crippen LogP contribution in [0.25, 0.3) is 16.1 Å². The second kappa shape index (κ2) is 10.8. The number of hydrogen-bond acceptors (Lipinski definition) is 7. The van der Waals surface area contributed by atoms with E-state index < -0.39 is 11.5 Å². The van der Waals surface area contributed by atoms with E-state index in [0.717, 1.165) is 31.8 Å². The van der Waals surface area contributed by atoms with Gasteiger partial charge in [0, 0.05) is 41.8 Å². The molecule has 10 heteroatoms. The van der Waals surface area contributed by atoms with Crippen LogP contribution in [0.15, 0.2) is 53.5 Å². The number of benzene rings is 1. The molecule has 0 bridgehead atoms. The average Bonchev–Trinajstić information content (AvgIpc) is 3.29. The van der Waals surface area contributed by atoms with E-state index in [2.05, 4.69) is 21.0 Å². The molecule has 0 saturated carbocycles. The first-order valence-corrected chi connectivity index (χ1v) is 11.0. The number of carbonyl (C=O) groups is 1. The molecule has 1 atom stereocenters. The molecule has 2 heterocycles. The zero-order chi connectivity index (χ0) is 24.0. The summed E-state index contributed by atoms with van der Waals surface area (Å²) in [7, 11) is 3.47. The lowest BCUT2D eigenvalue weighted by Crippen LogP contribution is -2.31. The predicted octanol–water partition coefficient (Wildman–Crippen LogP) is 2.99. The first-order chi connectivity index (χ1) is 15.9. The number of allylic oxidation sites excluding steroid dienone is 1. The summed E-state index contributed by atoms with van der Waals surface area (Å²) in [5, 5.41) is 20.3. The smallest absolute Gasteiger partial charge is 0.272 e. The molecule has 33 heavy (non-hydrogen) atoms. The molecule has 0 aliphatic carbocycles. The van der Waals surface area contributed by atoms with Gasteiger partial charge in [0.15, 0.2) is 0 Å². The highest BCUT2D eigenvalue weighted by atomic mass is 32.1. The van der Waals surface area contributed by atoms with Gasteiger partial charge in [0.05, 0.1) is 6.04 Å². The summed E-state index contributed by atoms with van der Waals surface area (Å²) in [6, 6.07) is 10.8. The average molecular weight is 469 g/mol. The molecule has 8 nitrogen and oxygen atoms in total. The van der Waals surface area contributed by atoms with Crippen molar-refractivity contribution in [3.05, 3.63) is 81.0 Å². The Morgan fingerprint density at radius 3 is 2.73 bits per heavy atom. The van der Waals surface area contributed by atoms with Crippen LogP contribution in [0.3, 0.4) is 0 Å². The molecule has 0 spiro atoms. The molecule has 0 fully saturated rings. The van der Waals surface area contributed by atoms with Gasteiger partial charge in [-0.15, -0.1) is 11.3 Å². The van der Waals surface area contributed by atoms with E-state index in [1.807, 2.05) is 26.1 Å². The Kier molecular flexibility index (Phi) is 7.86. The van der Waals surface area contributed by atoms with Crippen LogP contribution in [-0.2, 0) is 6.54 Å². The highest BCUT2D eigenvalue weighted by Crippen LogP contribution is 2.34. The minimum atomic E-state index is -0.458. The van der Waals surface area contributed by atoms with E-state index in [1.165, 1.54) is 41.8 Å². The minimum Gasteiger partial charge on any atom is -0.392 e. The number of hydrogen-bond donors (Lipinski definition) is 4. The summed E-state index contributed by atoms with van der Waals surface area (Å²) >= 11 is 1.47. The SMILES string of the molecule is CN/C=C(\C=N)n1nc(C(=O)N[C@H](C)c2ccc(-c3cc(F)ccc3CNC)s2)ccc1=O. The van der Waals surface area contributed by atoms with Crippen LogP contribution in [0.5, 0.6) is 0 Å². The number of nitrogens with zero attached hydrogens (tertiary/aromatic N) is 2. The third kappa shape index (κ3) is 5.60. The maximum atomic E-state index is 13.9. The Hall–Kier alpha value is -3.63. The maximum absolute atomic E-state index is 13.9. The molecule has 3 rings (SSSR count). The maximum Gasteiger partial charge on any atom is 0.272 e. The quantitative estimate of drug-likeness (QED) is 0.361. The molecule has 3 aromatic rings. The van der Waals surface area contributed by atoms with Crippen molar-refractivity contribution in [3.8, 4) is 10.4 Å². The van der Waals surface area contributed by atoms with Gasteiger partial charge < -0.3 is 21.4 Å². The van der Waals surface area contributed by atoms with Gasteiger partial charge in [-0.25, -0.2) is 4.39 Å². The van der Waals surface area contributed by atoms with Crippen molar-refractivity contribution < 1.29 is 9.18 Å². The number of halogens is 1. The molecule has 0 aliphatic rings. The fourth-order valence-electron chi connectivity index (χ4n) is 3.22. The summed E-state index contributed by atoms with van der Waals surface area (Å²) in [6.07, 6.45) is 2.41. The Labute approximate surface area is 194 Å². The molecule has 1 aromatic carbocycles. The lowest BCUT2D eigenvalue weighted by atomic mass is 10.1. The van der Waals surface area contributed by atoms with Gasteiger partial charge in [0.2, 0.25) is 0 Å². The fourth-order valence-corrected chi connectivity index (χ4v) is 4.29. The van der Waals surface area contributed by atoms with E-state index in [-0.39, 0.29) is 23.3 Å². The van der Waals surface area contributed by atoms with Gasteiger partial charge >= 0.3 is 0 Å². The van der Waals surface area contributed by atoms with Gasteiger partial charge in [-0.05, 0) is 55.4 Å². The highest BCUT2D eigenvalue weighted by Gasteiger charge is 2.17. The van der Waals surface area contributed by atoms with Crippen molar-refractivity contribution in [2.45, 2.75) is 19.5 Å². The van der Waals surface area contributed by atoms with Crippen LogP contribution >= 0.6 is 11.3 Å². The monoisotopic (exact) mass is 468 g/mol. The first-order valence-electron chi connectivity index (χ1n) is 10.2. The third-order valence-corrected chi connectivity index (χ3v) is 6.12. The summed E-state index contributed by atoms with van der Waals surface area (Å²) < 4.78 is 14.8. The van der Waals surface area contributed by atoms with Crippen molar-refractivity contribution in [3.63, 3.8) is 0 Å². The largest absolute Gasteiger partial charge is 0.392 e. The number of nitrogens with one attached hydrogen (secondary N) is 4. The second-order valence-electron chi connectivity index (χ2n) is 7.20. The van der Waals surface area contributed by atoms with E-state index in [0.29, 0.717) is 6.54 Å². The zero-order valence-corrected chi connectivity index (χ0v) is 19.3. The molecule has 0 saturated heterocycles. The van der Waals surface area contributed by atoms with E-state index in [9.17, 15) is 14.0 Å². The molecule has 172 valence electrons. The summed E-state index contributed by atoms with van der Waals surface area (Å²) in [4.78, 5) is 26.7. The second-order valence-corrected chi connectivity index (χ2v) is 8.32. The highest BCUT2D eigenvalue weighted by molar-refractivity contribution is 7.15. The van der Waals surface area contributed by atoms with Crippen molar-refractivity contribution in [2.75, 3.05) is 14.1 Å². The summed E-state index contributed by atoms with van der Waals surface area (Å²) in [5.41, 5.74) is 1.57. The topological polar surface area (TPSA) is 112 Å². The van der Waals surface area contributed by atoms with E-state index in [1.54, 1.807) is 13.1 Å². The normalized spacial score (nSPS) is 12.3. The van der Waals surface area contributed by atoms with E-state index in [4.69, 9.17) is 5.41 Å². The Bertz CT molecular complexity index is 1250. The van der Waals surface area contributed by atoms with Crippen LogP contribution < -0.4 is 21.5 Å². The Morgan fingerprint density at radius 1 is 1.24 bits per heavy atom. The molecule has 0 aliphatic heterocycles. The molecule has 0 radical (unpaired) electrons. The van der Waals surface area contributed by atoms with E-state index >= 15 is 0 Å². The Balaban J connectivity index is 1.82. The lowest BCUT2D eigenvalue weighted by Gasteiger charge is -2.13. The number of rotatable bonds is 9. The van der Waals surface area contributed by atoms with Crippen molar-refractivity contribution in [1.82, 2.24) is 25.7 Å². The third-order valence-electron chi connectivity index (χ3n) is 4.82. The number of carbonyl (C=O) groups excluding carboxylic acids is 1. The van der Waals surface area contributed by atoms with Crippen LogP contribution in [0, 0.1) is 11.2 Å². The van der Waals surface area contributed by atoms with Gasteiger partial charge in [-0.3, -0.25) is 9.59 Å². The van der Waals surface area contributed by atoms with Crippen LogP contribution in [-0.4, -0.2) is 36.0 Å². The van der Waals surface area contributed by atoms with Crippen LogP contribution in [0.1, 0.15) is 33.9 Å². The van der Waals surface area contributed by atoms with Crippen LogP contribution in [0.4, 0.5) is 4.39 Å². The van der Waals surface area contributed by atoms with Gasteiger partial charge in [0.1, 0.15) is 17.2 Å². The van der Waals surface area contributed by atoms with Crippen molar-refractivity contribution in [2.24, 2.45) is 0 Å².